The summed E-state index contributed by atoms with van der Waals surface area (Å²) < 4.78 is 46.1. The molecule has 0 aliphatic carbocycles. The maximum atomic E-state index is 13.4. The number of nitrogens with one attached hydrogen (secondary N) is 4. The van der Waals surface area contributed by atoms with Crippen molar-refractivity contribution in [1.82, 2.24) is 14.9 Å². The van der Waals surface area contributed by atoms with Gasteiger partial charge in [0.15, 0.2) is 0 Å². The Balaban J connectivity index is 1.48. The van der Waals surface area contributed by atoms with Crippen LogP contribution in [-0.2, 0) is 6.18 Å². The number of rotatable bonds is 9. The van der Waals surface area contributed by atoms with Gasteiger partial charge in [-0.15, -0.1) is 0 Å². The van der Waals surface area contributed by atoms with E-state index in [0.29, 0.717) is 29.4 Å². The van der Waals surface area contributed by atoms with Gasteiger partial charge in [0.2, 0.25) is 0 Å². The van der Waals surface area contributed by atoms with Gasteiger partial charge in [-0.25, -0.2) is 14.8 Å². The van der Waals surface area contributed by atoms with Crippen molar-refractivity contribution in [3.8, 4) is 5.75 Å². The Hall–Kier alpha value is -4.39. The van der Waals surface area contributed by atoms with Crippen LogP contribution in [0.25, 0.3) is 0 Å². The molecule has 4 N–H and O–H groups in total. The molecule has 4 rings (SSSR count). The fourth-order valence-corrected chi connectivity index (χ4v) is 4.34. The highest BCUT2D eigenvalue weighted by Gasteiger charge is 2.31. The zero-order chi connectivity index (χ0) is 29.6. The third-order valence-electron chi connectivity index (χ3n) is 6.50. The molecule has 2 heterocycles. The van der Waals surface area contributed by atoms with Crippen LogP contribution in [0.3, 0.4) is 0 Å². The number of alkyl halides is 3. The Morgan fingerprint density at radius 2 is 1.66 bits per heavy atom. The highest BCUT2D eigenvalue weighted by Crippen LogP contribution is 2.35. The zero-order valence-electron chi connectivity index (χ0n) is 23.0. The summed E-state index contributed by atoms with van der Waals surface area (Å²) in [4.78, 5) is 36.4. The topological polar surface area (TPSA) is 121 Å². The van der Waals surface area contributed by atoms with E-state index in [9.17, 15) is 22.8 Å². The molecule has 0 spiro atoms. The van der Waals surface area contributed by atoms with Crippen LogP contribution in [0.4, 0.5) is 41.0 Å². The number of amides is 3. The molecule has 0 saturated carbocycles. The minimum atomic E-state index is -4.60. The van der Waals surface area contributed by atoms with Crippen molar-refractivity contribution in [3.63, 3.8) is 0 Å². The number of ether oxygens (including phenoxy) is 1. The lowest BCUT2D eigenvalue weighted by Gasteiger charge is -2.18. The van der Waals surface area contributed by atoms with Crippen molar-refractivity contribution < 1.29 is 27.5 Å². The van der Waals surface area contributed by atoms with Gasteiger partial charge in [-0.3, -0.25) is 15.0 Å². The third kappa shape index (κ3) is 8.07. The molecule has 13 heteroatoms. The van der Waals surface area contributed by atoms with Gasteiger partial charge in [0.25, 0.3) is 5.91 Å². The average Bonchev–Trinajstić information content (AvgIpc) is 3.43. The molecule has 3 aromatic rings. The lowest BCUT2D eigenvalue weighted by molar-refractivity contribution is -0.137. The lowest BCUT2D eigenvalue weighted by Crippen LogP contribution is -2.25. The second-order valence-corrected chi connectivity index (χ2v) is 9.60. The summed E-state index contributed by atoms with van der Waals surface area (Å²) in [5.41, 5.74) is 0.113. The SMILES string of the molecule is CNc1cc(NC(=O)Nc2cc(C(=O)Nc3cc(C(F)(F)F)ccc3OCCN3CCCC3)ccc2C)nc(C)n1. The van der Waals surface area contributed by atoms with Crippen molar-refractivity contribution in [2.24, 2.45) is 0 Å². The molecule has 10 nitrogen and oxygen atoms in total. The summed E-state index contributed by atoms with van der Waals surface area (Å²) in [6.07, 6.45) is -2.39. The highest BCUT2D eigenvalue weighted by atomic mass is 19.4. The maximum Gasteiger partial charge on any atom is 0.416 e. The molecule has 218 valence electrons. The molecule has 0 atom stereocenters. The standard InChI is InChI=1S/C28H32F3N7O3/c1-17-6-7-19(14-21(17)36-27(40)37-25-16-24(32-3)33-18(2)34-25)26(39)35-22-15-20(28(29,30)31)8-9-23(22)41-13-12-38-10-4-5-11-38/h6-9,14-16H,4-5,10-13H2,1-3H3,(H,35,39)(H3,32,33,34,36,37,40). The van der Waals surface area contributed by atoms with E-state index in [2.05, 4.69) is 36.1 Å². The normalized spacial score (nSPS) is 13.5. The van der Waals surface area contributed by atoms with Gasteiger partial charge in [0.1, 0.15) is 29.8 Å². The minimum Gasteiger partial charge on any atom is -0.490 e. The molecule has 2 aromatic carbocycles. The summed E-state index contributed by atoms with van der Waals surface area (Å²) in [6, 6.07) is 8.53. The summed E-state index contributed by atoms with van der Waals surface area (Å²) in [7, 11) is 1.69. The van der Waals surface area contributed by atoms with Crippen molar-refractivity contribution in [2.75, 3.05) is 54.6 Å². The molecule has 1 aromatic heterocycles. The molecule has 41 heavy (non-hydrogen) atoms. The number of urea groups is 1. The van der Waals surface area contributed by atoms with E-state index in [1.165, 1.54) is 18.2 Å². The Bertz CT molecular complexity index is 1410. The highest BCUT2D eigenvalue weighted by molar-refractivity contribution is 6.07. The number of aromatic nitrogens is 2. The van der Waals surface area contributed by atoms with E-state index in [1.54, 1.807) is 33.0 Å². The van der Waals surface area contributed by atoms with Crippen LogP contribution < -0.4 is 26.0 Å². The summed E-state index contributed by atoms with van der Waals surface area (Å²) >= 11 is 0. The summed E-state index contributed by atoms with van der Waals surface area (Å²) in [5.74, 6) is 0.721. The van der Waals surface area contributed by atoms with Gasteiger partial charge >= 0.3 is 12.2 Å². The van der Waals surface area contributed by atoms with Crippen LogP contribution in [0.5, 0.6) is 5.75 Å². The largest absolute Gasteiger partial charge is 0.490 e. The number of hydrogen-bond donors (Lipinski definition) is 4. The number of nitrogens with zero attached hydrogens (tertiary/aromatic N) is 3. The maximum absolute atomic E-state index is 13.4. The molecular weight excluding hydrogens is 539 g/mol. The molecule has 0 bridgehead atoms. The number of anilines is 4. The van der Waals surface area contributed by atoms with Crippen LogP contribution in [0.1, 0.15) is 40.2 Å². The van der Waals surface area contributed by atoms with Gasteiger partial charge < -0.3 is 20.7 Å². The number of carbonyl (C=O) groups is 2. The number of aryl methyl sites for hydroxylation is 2. The molecule has 0 radical (unpaired) electrons. The van der Waals surface area contributed by atoms with E-state index >= 15 is 0 Å². The van der Waals surface area contributed by atoms with Crippen LogP contribution in [0.15, 0.2) is 42.5 Å². The third-order valence-corrected chi connectivity index (χ3v) is 6.50. The Kier molecular flexibility index (Phi) is 9.28. The van der Waals surface area contributed by atoms with E-state index in [-0.39, 0.29) is 29.4 Å². The van der Waals surface area contributed by atoms with E-state index in [0.717, 1.165) is 38.1 Å². The molecule has 1 fully saturated rings. The number of benzene rings is 2. The van der Waals surface area contributed by atoms with Gasteiger partial charge in [0, 0.05) is 30.9 Å². The van der Waals surface area contributed by atoms with Crippen molar-refractivity contribution in [3.05, 3.63) is 65.0 Å². The zero-order valence-corrected chi connectivity index (χ0v) is 23.0. The quantitative estimate of drug-likeness (QED) is 0.267. The fourth-order valence-electron chi connectivity index (χ4n) is 4.34. The van der Waals surface area contributed by atoms with Crippen LogP contribution >= 0.6 is 0 Å². The lowest BCUT2D eigenvalue weighted by atomic mass is 10.1. The fraction of sp³-hybridized carbons (Fsp3) is 0.357. The smallest absolute Gasteiger partial charge is 0.416 e. The first kappa shape index (κ1) is 29.6. The minimum absolute atomic E-state index is 0.0986. The first-order valence-electron chi connectivity index (χ1n) is 13.1. The van der Waals surface area contributed by atoms with Gasteiger partial charge in [-0.1, -0.05) is 6.07 Å². The average molecular weight is 572 g/mol. The second-order valence-electron chi connectivity index (χ2n) is 9.60. The monoisotopic (exact) mass is 571 g/mol. The Morgan fingerprint density at radius 1 is 0.927 bits per heavy atom. The summed E-state index contributed by atoms with van der Waals surface area (Å²) in [5, 5.41) is 10.7. The van der Waals surface area contributed by atoms with E-state index in [4.69, 9.17) is 4.74 Å². The summed E-state index contributed by atoms with van der Waals surface area (Å²) in [6.45, 7) is 6.24. The predicted molar refractivity (Wildman–Crippen MR) is 151 cm³/mol. The Morgan fingerprint density at radius 3 is 2.37 bits per heavy atom. The van der Waals surface area contributed by atoms with Gasteiger partial charge in [-0.2, -0.15) is 13.2 Å². The molecule has 3 amide bonds. The van der Waals surface area contributed by atoms with Gasteiger partial charge in [-0.05, 0) is 75.7 Å². The predicted octanol–water partition coefficient (Wildman–Crippen LogP) is 5.52. The van der Waals surface area contributed by atoms with Crippen molar-refractivity contribution >= 4 is 34.9 Å². The number of carbonyl (C=O) groups excluding carboxylic acids is 2. The van der Waals surface area contributed by atoms with E-state index in [1.807, 2.05) is 0 Å². The van der Waals surface area contributed by atoms with Crippen molar-refractivity contribution in [2.45, 2.75) is 32.9 Å². The van der Waals surface area contributed by atoms with Crippen LogP contribution in [0, 0.1) is 13.8 Å². The number of hydrogen-bond acceptors (Lipinski definition) is 7. The van der Waals surface area contributed by atoms with Crippen molar-refractivity contribution in [1.29, 1.82) is 0 Å². The first-order valence-corrected chi connectivity index (χ1v) is 13.1. The molecule has 1 aliphatic rings. The van der Waals surface area contributed by atoms with Crippen LogP contribution in [0.2, 0.25) is 0 Å². The molecule has 1 saturated heterocycles. The van der Waals surface area contributed by atoms with Gasteiger partial charge in [0.05, 0.1) is 11.3 Å². The number of likely N-dealkylation sites (tertiary alicyclic amines) is 1. The Labute approximate surface area is 235 Å². The van der Waals surface area contributed by atoms with Crippen LogP contribution in [-0.4, -0.2) is 60.1 Å². The second kappa shape index (κ2) is 12.9. The first-order chi connectivity index (χ1) is 19.5. The molecule has 0 unspecified atom stereocenters. The molecular formula is C28H32F3N7O3. The van der Waals surface area contributed by atoms with E-state index < -0.39 is 23.7 Å². The molecule has 1 aliphatic heterocycles. The number of halogens is 3.